The molecule has 0 aromatic heterocycles. The quantitative estimate of drug-likeness (QED) is 0.771. The second kappa shape index (κ2) is 5.14. The van der Waals surface area contributed by atoms with Gasteiger partial charge in [0.15, 0.2) is 0 Å². The van der Waals surface area contributed by atoms with Gasteiger partial charge in [-0.2, -0.15) is 0 Å². The number of benzene rings is 1. The van der Waals surface area contributed by atoms with Gasteiger partial charge in [0, 0.05) is 18.6 Å². The molecule has 3 N–H and O–H groups in total. The van der Waals surface area contributed by atoms with Gasteiger partial charge in [0.1, 0.15) is 5.75 Å². The Bertz CT molecular complexity index is 310. The summed E-state index contributed by atoms with van der Waals surface area (Å²) in [4.78, 5) is 0. The van der Waals surface area contributed by atoms with Crippen LogP contribution in [0.2, 0.25) is 0 Å². The van der Waals surface area contributed by atoms with E-state index in [4.69, 9.17) is 10.5 Å². The molecule has 0 bridgehead atoms. The molecule has 15 heavy (non-hydrogen) atoms. The molecule has 0 fully saturated rings. The van der Waals surface area contributed by atoms with Crippen LogP contribution in [0.3, 0.4) is 0 Å². The van der Waals surface area contributed by atoms with E-state index in [1.807, 2.05) is 18.2 Å². The Hall–Kier alpha value is -1.06. The molecule has 3 nitrogen and oxygen atoms in total. The SMILES string of the molecule is COc1cccc(CNC(C)(C)CN)c1. The van der Waals surface area contributed by atoms with Gasteiger partial charge in [0.25, 0.3) is 0 Å². The van der Waals surface area contributed by atoms with Gasteiger partial charge in [-0.1, -0.05) is 12.1 Å². The number of methoxy groups -OCH3 is 1. The van der Waals surface area contributed by atoms with Crippen molar-refractivity contribution in [3.8, 4) is 5.75 Å². The maximum Gasteiger partial charge on any atom is 0.119 e. The Kier molecular flexibility index (Phi) is 4.12. The fraction of sp³-hybridized carbons (Fsp3) is 0.500. The first kappa shape index (κ1) is 12.0. The first-order valence-corrected chi connectivity index (χ1v) is 5.15. The molecule has 0 saturated heterocycles. The van der Waals surface area contributed by atoms with E-state index >= 15 is 0 Å². The first-order chi connectivity index (χ1) is 7.07. The van der Waals surface area contributed by atoms with Gasteiger partial charge in [-0.15, -0.1) is 0 Å². The van der Waals surface area contributed by atoms with Crippen molar-refractivity contribution in [3.05, 3.63) is 29.8 Å². The summed E-state index contributed by atoms with van der Waals surface area (Å²) in [6.07, 6.45) is 0. The predicted octanol–water partition coefficient (Wildman–Crippen LogP) is 1.52. The van der Waals surface area contributed by atoms with Crippen molar-refractivity contribution in [3.63, 3.8) is 0 Å². The third-order valence-electron chi connectivity index (χ3n) is 2.42. The Labute approximate surface area is 91.6 Å². The van der Waals surface area contributed by atoms with Crippen molar-refractivity contribution in [2.24, 2.45) is 5.73 Å². The maximum atomic E-state index is 5.64. The van der Waals surface area contributed by atoms with Gasteiger partial charge in [-0.25, -0.2) is 0 Å². The second-order valence-electron chi connectivity index (χ2n) is 4.29. The smallest absolute Gasteiger partial charge is 0.119 e. The maximum absolute atomic E-state index is 5.64. The molecule has 0 radical (unpaired) electrons. The molecule has 0 heterocycles. The van der Waals surface area contributed by atoms with Crippen LogP contribution >= 0.6 is 0 Å². The van der Waals surface area contributed by atoms with Crippen molar-refractivity contribution in [1.82, 2.24) is 5.32 Å². The van der Waals surface area contributed by atoms with Gasteiger partial charge in [-0.05, 0) is 31.5 Å². The van der Waals surface area contributed by atoms with Crippen molar-refractivity contribution in [1.29, 1.82) is 0 Å². The van der Waals surface area contributed by atoms with Gasteiger partial charge >= 0.3 is 0 Å². The van der Waals surface area contributed by atoms with E-state index in [-0.39, 0.29) is 5.54 Å². The van der Waals surface area contributed by atoms with Crippen molar-refractivity contribution >= 4 is 0 Å². The molecule has 1 aromatic rings. The largest absolute Gasteiger partial charge is 0.497 e. The molecule has 0 spiro atoms. The fourth-order valence-corrected chi connectivity index (χ4v) is 1.20. The fourth-order valence-electron chi connectivity index (χ4n) is 1.20. The highest BCUT2D eigenvalue weighted by molar-refractivity contribution is 5.28. The average Bonchev–Trinajstić information content (AvgIpc) is 2.27. The minimum Gasteiger partial charge on any atom is -0.497 e. The summed E-state index contributed by atoms with van der Waals surface area (Å²) in [6.45, 7) is 5.61. The Morgan fingerprint density at radius 2 is 2.13 bits per heavy atom. The van der Waals surface area contributed by atoms with Gasteiger partial charge in [0.05, 0.1) is 7.11 Å². The molecule has 0 saturated carbocycles. The number of nitrogens with one attached hydrogen (secondary N) is 1. The van der Waals surface area contributed by atoms with Crippen molar-refractivity contribution in [2.75, 3.05) is 13.7 Å². The first-order valence-electron chi connectivity index (χ1n) is 5.15. The highest BCUT2D eigenvalue weighted by atomic mass is 16.5. The summed E-state index contributed by atoms with van der Waals surface area (Å²) in [5.74, 6) is 0.889. The third kappa shape index (κ3) is 3.90. The van der Waals surface area contributed by atoms with E-state index in [0.717, 1.165) is 12.3 Å². The summed E-state index contributed by atoms with van der Waals surface area (Å²) in [5, 5.41) is 3.40. The molecule has 3 heteroatoms. The highest BCUT2D eigenvalue weighted by Gasteiger charge is 2.13. The van der Waals surface area contributed by atoms with Crippen molar-refractivity contribution < 1.29 is 4.74 Å². The molecule has 0 aliphatic carbocycles. The number of nitrogens with two attached hydrogens (primary N) is 1. The summed E-state index contributed by atoms with van der Waals surface area (Å²) >= 11 is 0. The normalized spacial score (nSPS) is 11.5. The van der Waals surface area contributed by atoms with Crippen LogP contribution in [0.15, 0.2) is 24.3 Å². The van der Waals surface area contributed by atoms with E-state index < -0.39 is 0 Å². The average molecular weight is 208 g/mol. The summed E-state index contributed by atoms with van der Waals surface area (Å²) in [6, 6.07) is 8.03. The second-order valence-corrected chi connectivity index (χ2v) is 4.29. The number of ether oxygens (including phenoxy) is 1. The highest BCUT2D eigenvalue weighted by Crippen LogP contribution is 2.13. The molecular weight excluding hydrogens is 188 g/mol. The topological polar surface area (TPSA) is 47.3 Å². The van der Waals surface area contributed by atoms with Crippen LogP contribution in [-0.2, 0) is 6.54 Å². The zero-order valence-electron chi connectivity index (χ0n) is 9.71. The number of hydrogen-bond acceptors (Lipinski definition) is 3. The zero-order valence-corrected chi connectivity index (χ0v) is 9.71. The molecule has 0 unspecified atom stereocenters. The van der Waals surface area contributed by atoms with Crippen LogP contribution < -0.4 is 15.8 Å². The predicted molar refractivity (Wildman–Crippen MR) is 63.0 cm³/mol. The molecule has 0 aliphatic rings. The Morgan fingerprint density at radius 1 is 1.40 bits per heavy atom. The minimum absolute atomic E-state index is 0.0247. The van der Waals surface area contributed by atoms with E-state index in [1.165, 1.54) is 5.56 Å². The van der Waals surface area contributed by atoms with Crippen LogP contribution in [0.1, 0.15) is 19.4 Å². The standard InChI is InChI=1S/C12H20N2O/c1-12(2,9-13)14-8-10-5-4-6-11(7-10)15-3/h4-7,14H,8-9,13H2,1-3H3. The number of rotatable bonds is 5. The lowest BCUT2D eigenvalue weighted by Gasteiger charge is -2.24. The van der Waals surface area contributed by atoms with Gasteiger partial charge in [0.2, 0.25) is 0 Å². The molecule has 1 aromatic carbocycles. The monoisotopic (exact) mass is 208 g/mol. The van der Waals surface area contributed by atoms with Crippen LogP contribution in [0.5, 0.6) is 5.75 Å². The van der Waals surface area contributed by atoms with Crippen LogP contribution in [-0.4, -0.2) is 19.2 Å². The van der Waals surface area contributed by atoms with E-state index in [0.29, 0.717) is 6.54 Å². The molecule has 84 valence electrons. The molecule has 0 aliphatic heterocycles. The Morgan fingerprint density at radius 3 is 2.73 bits per heavy atom. The van der Waals surface area contributed by atoms with Crippen LogP contribution in [0, 0.1) is 0 Å². The summed E-state index contributed by atoms with van der Waals surface area (Å²) in [7, 11) is 1.68. The summed E-state index contributed by atoms with van der Waals surface area (Å²) < 4.78 is 5.16. The molecular formula is C12H20N2O. The number of hydrogen-bond donors (Lipinski definition) is 2. The lowest BCUT2D eigenvalue weighted by molar-refractivity contribution is 0.393. The lowest BCUT2D eigenvalue weighted by Crippen LogP contribution is -2.45. The molecule has 0 atom stereocenters. The van der Waals surface area contributed by atoms with Crippen molar-refractivity contribution in [2.45, 2.75) is 25.9 Å². The Balaban J connectivity index is 2.57. The molecule has 0 amide bonds. The van der Waals surface area contributed by atoms with Crippen LogP contribution in [0.4, 0.5) is 0 Å². The van der Waals surface area contributed by atoms with Crippen LogP contribution in [0.25, 0.3) is 0 Å². The lowest BCUT2D eigenvalue weighted by atomic mass is 10.1. The molecule has 1 rings (SSSR count). The van der Waals surface area contributed by atoms with E-state index in [9.17, 15) is 0 Å². The third-order valence-corrected chi connectivity index (χ3v) is 2.42. The van der Waals surface area contributed by atoms with Gasteiger partial charge in [-0.3, -0.25) is 0 Å². The summed E-state index contributed by atoms with van der Waals surface area (Å²) in [5.41, 5.74) is 6.82. The van der Waals surface area contributed by atoms with E-state index in [1.54, 1.807) is 7.11 Å². The minimum atomic E-state index is -0.0247. The van der Waals surface area contributed by atoms with E-state index in [2.05, 4.69) is 25.2 Å². The zero-order chi connectivity index (χ0) is 11.3. The van der Waals surface area contributed by atoms with Gasteiger partial charge < -0.3 is 15.8 Å².